The van der Waals surface area contributed by atoms with E-state index >= 15 is 0 Å². The summed E-state index contributed by atoms with van der Waals surface area (Å²) in [5, 5.41) is 11.0. The van der Waals surface area contributed by atoms with E-state index in [1.54, 1.807) is 0 Å². The zero-order chi connectivity index (χ0) is 32.6. The van der Waals surface area contributed by atoms with Gasteiger partial charge >= 0.3 is 0 Å². The van der Waals surface area contributed by atoms with Crippen LogP contribution in [0.25, 0.3) is 61.5 Å². The van der Waals surface area contributed by atoms with E-state index in [1.807, 2.05) is 42.5 Å². The maximum Gasteiger partial charge on any atom is 0.248 e. The summed E-state index contributed by atoms with van der Waals surface area (Å²) in [6, 6.07) is 63.4. The van der Waals surface area contributed by atoms with Crippen LogP contribution in [0.4, 0.5) is 17.1 Å². The van der Waals surface area contributed by atoms with E-state index in [-0.39, 0.29) is 0 Å². The monoisotopic (exact) mass is 630 g/mol. The molecule has 0 unspecified atom stereocenters. The second kappa shape index (κ2) is 12.1. The van der Waals surface area contributed by atoms with E-state index in [2.05, 4.69) is 159 Å². The highest BCUT2D eigenvalue weighted by atomic mass is 16.4. The first kappa shape index (κ1) is 28.5. The Kier molecular flexibility index (Phi) is 7.06. The van der Waals surface area contributed by atoms with E-state index in [9.17, 15) is 0 Å². The van der Waals surface area contributed by atoms with Crippen molar-refractivity contribution in [2.75, 3.05) is 4.90 Å². The molecule has 2 aromatic heterocycles. The van der Waals surface area contributed by atoms with Gasteiger partial charge in [0.25, 0.3) is 0 Å². The van der Waals surface area contributed by atoms with Crippen molar-refractivity contribution >= 4 is 38.9 Å². The van der Waals surface area contributed by atoms with Crippen molar-refractivity contribution in [1.29, 1.82) is 0 Å². The normalized spacial score (nSPS) is 11.3. The third-order valence-corrected chi connectivity index (χ3v) is 9.00. The van der Waals surface area contributed by atoms with Crippen LogP contribution >= 0.6 is 0 Å². The molecule has 7 aromatic carbocycles. The third kappa shape index (κ3) is 5.24. The first-order valence-corrected chi connectivity index (χ1v) is 16.3. The van der Waals surface area contributed by atoms with Gasteiger partial charge in [0.2, 0.25) is 11.8 Å². The van der Waals surface area contributed by atoms with Gasteiger partial charge in [0.05, 0.1) is 11.0 Å². The predicted octanol–water partition coefficient (Wildman–Crippen LogP) is 11.6. The van der Waals surface area contributed by atoms with Crippen LogP contribution in [0.15, 0.2) is 186 Å². The Balaban J connectivity index is 1.02. The lowest BCUT2D eigenvalue weighted by molar-refractivity contribution is 0.584. The molecular formula is C44H30N4O. The molecule has 0 spiro atoms. The zero-order valence-electron chi connectivity index (χ0n) is 26.5. The minimum absolute atomic E-state index is 0.503. The molecule has 232 valence electrons. The van der Waals surface area contributed by atoms with Crippen LogP contribution in [0.5, 0.6) is 0 Å². The van der Waals surface area contributed by atoms with Gasteiger partial charge in [-0.15, -0.1) is 10.2 Å². The number of fused-ring (bicyclic) bond motifs is 3. The summed E-state index contributed by atoms with van der Waals surface area (Å²) in [5.74, 6) is 1.02. The fraction of sp³-hybridized carbons (Fsp3) is 0. The maximum absolute atomic E-state index is 5.96. The van der Waals surface area contributed by atoms with Gasteiger partial charge in [-0.2, -0.15) is 0 Å². The predicted molar refractivity (Wildman–Crippen MR) is 200 cm³/mol. The smallest absolute Gasteiger partial charge is 0.248 e. The molecule has 0 aliphatic carbocycles. The summed E-state index contributed by atoms with van der Waals surface area (Å²) in [6.07, 6.45) is 0. The van der Waals surface area contributed by atoms with Gasteiger partial charge in [-0.1, -0.05) is 97.1 Å². The number of hydrogen-bond donors (Lipinski definition) is 0. The summed E-state index contributed by atoms with van der Waals surface area (Å²) in [7, 11) is 0. The molecule has 9 rings (SSSR count). The summed E-state index contributed by atoms with van der Waals surface area (Å²) in [5.41, 5.74) is 10.8. The molecule has 0 saturated carbocycles. The molecule has 0 fully saturated rings. The standard InChI is InChI=1S/C44H30N4O/c1-3-11-33(12-4-1)43-45-46-44(49-43)34-21-19-31(20-22-34)32-23-25-36(26-24-32)47(35-13-5-2-6-14-35)37-27-29-38(30-28-37)48-41-17-9-7-15-39(41)40-16-8-10-18-42(40)48/h1-30H. The van der Waals surface area contributed by atoms with Crippen LogP contribution in [-0.4, -0.2) is 14.8 Å². The van der Waals surface area contributed by atoms with Gasteiger partial charge in [0.1, 0.15) is 0 Å². The number of rotatable bonds is 7. The molecule has 0 bridgehead atoms. The minimum Gasteiger partial charge on any atom is -0.416 e. The molecule has 0 radical (unpaired) electrons. The molecule has 0 atom stereocenters. The summed E-state index contributed by atoms with van der Waals surface area (Å²) < 4.78 is 8.31. The number of nitrogens with zero attached hydrogens (tertiary/aromatic N) is 4. The largest absolute Gasteiger partial charge is 0.416 e. The Bertz CT molecular complexity index is 2460. The van der Waals surface area contributed by atoms with Gasteiger partial charge in [-0.3, -0.25) is 0 Å². The van der Waals surface area contributed by atoms with Crippen LogP contribution < -0.4 is 4.90 Å². The highest BCUT2D eigenvalue weighted by Gasteiger charge is 2.16. The maximum atomic E-state index is 5.96. The van der Waals surface area contributed by atoms with Crippen LogP contribution in [0.3, 0.4) is 0 Å². The van der Waals surface area contributed by atoms with Crippen molar-refractivity contribution in [3.05, 3.63) is 182 Å². The van der Waals surface area contributed by atoms with Crippen LogP contribution in [0.2, 0.25) is 0 Å². The first-order chi connectivity index (χ1) is 24.3. The van der Waals surface area contributed by atoms with Crippen molar-refractivity contribution in [2.24, 2.45) is 0 Å². The lowest BCUT2D eigenvalue weighted by atomic mass is 10.0. The van der Waals surface area contributed by atoms with E-state index in [0.29, 0.717) is 11.8 Å². The van der Waals surface area contributed by atoms with Crippen molar-refractivity contribution in [3.8, 4) is 39.7 Å². The number of para-hydroxylation sites is 3. The van der Waals surface area contributed by atoms with Crippen LogP contribution in [0.1, 0.15) is 0 Å². The molecule has 0 N–H and O–H groups in total. The minimum atomic E-state index is 0.503. The Morgan fingerprint density at radius 1 is 0.367 bits per heavy atom. The fourth-order valence-electron chi connectivity index (χ4n) is 6.62. The zero-order valence-corrected chi connectivity index (χ0v) is 26.5. The molecule has 0 aliphatic heterocycles. The topological polar surface area (TPSA) is 47.1 Å². The summed E-state index contributed by atoms with van der Waals surface area (Å²) >= 11 is 0. The number of hydrogen-bond acceptors (Lipinski definition) is 4. The third-order valence-electron chi connectivity index (χ3n) is 9.00. The lowest BCUT2D eigenvalue weighted by Crippen LogP contribution is -2.10. The summed E-state index contributed by atoms with van der Waals surface area (Å²) in [6.45, 7) is 0. The number of benzene rings is 7. The summed E-state index contributed by atoms with van der Waals surface area (Å²) in [4.78, 5) is 2.29. The van der Waals surface area contributed by atoms with Crippen LogP contribution in [0, 0.1) is 0 Å². The quantitative estimate of drug-likeness (QED) is 0.176. The van der Waals surface area contributed by atoms with E-state index in [1.165, 1.54) is 21.8 Å². The molecule has 0 saturated heterocycles. The molecule has 9 aromatic rings. The molecule has 0 amide bonds. The average molecular weight is 631 g/mol. The second-order valence-electron chi connectivity index (χ2n) is 12.0. The van der Waals surface area contributed by atoms with E-state index < -0.39 is 0 Å². The van der Waals surface area contributed by atoms with Gasteiger partial charge in [-0.25, -0.2) is 0 Å². The number of aromatic nitrogens is 3. The first-order valence-electron chi connectivity index (χ1n) is 16.3. The van der Waals surface area contributed by atoms with Crippen LogP contribution in [-0.2, 0) is 0 Å². The number of anilines is 3. The van der Waals surface area contributed by atoms with Crippen molar-refractivity contribution in [3.63, 3.8) is 0 Å². The Morgan fingerprint density at radius 2 is 0.776 bits per heavy atom. The Labute approximate surface area is 284 Å². The molecule has 2 heterocycles. The van der Waals surface area contributed by atoms with Gasteiger partial charge < -0.3 is 13.9 Å². The van der Waals surface area contributed by atoms with Crippen molar-refractivity contribution in [1.82, 2.24) is 14.8 Å². The highest BCUT2D eigenvalue weighted by molar-refractivity contribution is 6.09. The molecule has 49 heavy (non-hydrogen) atoms. The van der Waals surface area contributed by atoms with Crippen molar-refractivity contribution < 1.29 is 4.42 Å². The Hall–Kier alpha value is -6.72. The van der Waals surface area contributed by atoms with Crippen molar-refractivity contribution in [2.45, 2.75) is 0 Å². The Morgan fingerprint density at radius 3 is 1.35 bits per heavy atom. The van der Waals surface area contributed by atoms with Gasteiger partial charge in [-0.05, 0) is 96.1 Å². The molecule has 5 heteroatoms. The fourth-order valence-corrected chi connectivity index (χ4v) is 6.62. The molecule has 0 aliphatic rings. The lowest BCUT2D eigenvalue weighted by Gasteiger charge is -2.26. The van der Waals surface area contributed by atoms with E-state index in [0.717, 1.165) is 45.0 Å². The SMILES string of the molecule is c1ccc(-c2nnc(-c3ccc(-c4ccc(N(c5ccccc5)c5ccc(-n6c7ccccc7c7ccccc76)cc5)cc4)cc3)o2)cc1. The molecular weight excluding hydrogens is 601 g/mol. The van der Waals surface area contributed by atoms with E-state index in [4.69, 9.17) is 4.42 Å². The highest BCUT2D eigenvalue weighted by Crippen LogP contribution is 2.38. The second-order valence-corrected chi connectivity index (χ2v) is 12.0. The molecule has 5 nitrogen and oxygen atoms in total. The van der Waals surface area contributed by atoms with Gasteiger partial charge in [0, 0.05) is 44.6 Å². The van der Waals surface area contributed by atoms with Gasteiger partial charge in [0.15, 0.2) is 0 Å². The average Bonchev–Trinajstić information content (AvgIpc) is 3.81.